The molecule has 1 aliphatic rings. The number of amides is 1. The van der Waals surface area contributed by atoms with Crippen LogP contribution in [-0.4, -0.2) is 78.5 Å². The minimum Gasteiger partial charge on any atom is -0.480 e. The average molecular weight is 338 g/mol. The summed E-state index contributed by atoms with van der Waals surface area (Å²) in [5.41, 5.74) is 0. The lowest BCUT2D eigenvalue weighted by molar-refractivity contribution is -0.141. The average Bonchev–Trinajstić information content (AvgIpc) is 2.53. The number of thioether (sulfide) groups is 1. The van der Waals surface area contributed by atoms with Gasteiger partial charge < -0.3 is 14.7 Å². The summed E-state index contributed by atoms with van der Waals surface area (Å²) in [7, 11) is 1.74. The normalized spacial score (nSPS) is 18.2. The number of ether oxygens (including phenoxy) is 1. The van der Waals surface area contributed by atoms with Crippen molar-refractivity contribution in [2.24, 2.45) is 0 Å². The largest absolute Gasteiger partial charge is 0.480 e. The molecule has 0 bridgehead atoms. The molecule has 0 aliphatic carbocycles. The third kappa shape index (κ3) is 6.21. The molecule has 1 saturated heterocycles. The predicted octanol–water partition coefficient (Wildman–Crippen LogP) is 1.02. The van der Waals surface area contributed by atoms with Crippen molar-refractivity contribution >= 4 is 23.6 Å². The number of carbonyl (C=O) groups is 2. The molecule has 1 aliphatic heterocycles. The van der Waals surface area contributed by atoms with E-state index in [1.54, 1.807) is 16.8 Å². The topological polar surface area (TPSA) is 70.1 Å². The summed E-state index contributed by atoms with van der Waals surface area (Å²) in [6.07, 6.45) is -0.140. The first-order valence-corrected chi connectivity index (χ1v) is 8.50. The van der Waals surface area contributed by atoms with Gasteiger partial charge in [0, 0.05) is 24.5 Å². The molecule has 0 spiro atoms. The van der Waals surface area contributed by atoms with Gasteiger partial charge in [-0.25, -0.2) is 0 Å². The van der Waals surface area contributed by atoms with Gasteiger partial charge in [0.05, 0.1) is 25.0 Å². The Morgan fingerprint density at radius 2 is 2.13 bits per heavy atom. The smallest absolute Gasteiger partial charge is 0.317 e. The number of carbonyl (C=O) groups excluding carboxylic acids is 1. The van der Waals surface area contributed by atoms with Crippen molar-refractivity contribution in [1.29, 1.82) is 0 Å². The summed E-state index contributed by atoms with van der Waals surface area (Å²) < 4.78 is 5.64. The number of aliphatic carboxylic acids is 1. The SMILES string of the molecule is CN(CC(=O)O)CC1CN(C(=O)CSc2ccccc2)CCO1. The lowest BCUT2D eigenvalue weighted by atomic mass is 10.2. The van der Waals surface area contributed by atoms with E-state index >= 15 is 0 Å². The van der Waals surface area contributed by atoms with Crippen LogP contribution in [0.1, 0.15) is 0 Å². The molecular formula is C16H22N2O4S. The molecule has 0 aromatic heterocycles. The van der Waals surface area contributed by atoms with E-state index in [-0.39, 0.29) is 18.6 Å². The van der Waals surface area contributed by atoms with Gasteiger partial charge in [0.15, 0.2) is 0 Å². The monoisotopic (exact) mass is 338 g/mol. The van der Waals surface area contributed by atoms with Gasteiger partial charge in [0.1, 0.15) is 0 Å². The fourth-order valence-corrected chi connectivity index (χ4v) is 3.27. The number of carboxylic acid groups (broad SMARTS) is 1. The van der Waals surface area contributed by atoms with Crippen LogP contribution >= 0.6 is 11.8 Å². The van der Waals surface area contributed by atoms with E-state index in [9.17, 15) is 9.59 Å². The highest BCUT2D eigenvalue weighted by Gasteiger charge is 2.25. The van der Waals surface area contributed by atoms with E-state index in [0.717, 1.165) is 4.90 Å². The Morgan fingerprint density at radius 1 is 1.39 bits per heavy atom. The van der Waals surface area contributed by atoms with Gasteiger partial charge in [-0.05, 0) is 19.2 Å². The zero-order valence-electron chi connectivity index (χ0n) is 13.2. The summed E-state index contributed by atoms with van der Waals surface area (Å²) in [5.74, 6) is -0.370. The molecule has 6 nitrogen and oxygen atoms in total. The summed E-state index contributed by atoms with van der Waals surface area (Å²) >= 11 is 1.53. The number of nitrogens with zero attached hydrogens (tertiary/aromatic N) is 2. The summed E-state index contributed by atoms with van der Waals surface area (Å²) in [6, 6.07) is 9.83. The molecule has 1 unspecified atom stereocenters. The maximum Gasteiger partial charge on any atom is 0.317 e. The Hall–Kier alpha value is -1.57. The van der Waals surface area contributed by atoms with Crippen LogP contribution in [0.2, 0.25) is 0 Å². The third-order valence-corrected chi connectivity index (χ3v) is 4.51. The second kappa shape index (κ2) is 8.90. The first kappa shape index (κ1) is 17.8. The van der Waals surface area contributed by atoms with E-state index in [0.29, 0.717) is 32.0 Å². The fourth-order valence-electron chi connectivity index (χ4n) is 2.45. The molecular weight excluding hydrogens is 316 g/mol. The summed E-state index contributed by atoms with van der Waals surface area (Å²) in [4.78, 5) is 27.6. The third-order valence-electron chi connectivity index (χ3n) is 3.52. The molecule has 1 amide bonds. The fraction of sp³-hybridized carbons (Fsp3) is 0.500. The van der Waals surface area contributed by atoms with Gasteiger partial charge in [-0.15, -0.1) is 11.8 Å². The second-order valence-corrected chi connectivity index (χ2v) is 6.57. The van der Waals surface area contributed by atoms with Crippen LogP contribution in [-0.2, 0) is 14.3 Å². The van der Waals surface area contributed by atoms with Gasteiger partial charge >= 0.3 is 5.97 Å². The van der Waals surface area contributed by atoms with Crippen molar-refractivity contribution in [1.82, 2.24) is 9.80 Å². The summed E-state index contributed by atoms with van der Waals surface area (Å²) in [5, 5.41) is 8.78. The maximum absolute atomic E-state index is 12.3. The van der Waals surface area contributed by atoms with Crippen molar-refractivity contribution < 1.29 is 19.4 Å². The van der Waals surface area contributed by atoms with E-state index in [4.69, 9.17) is 9.84 Å². The molecule has 1 heterocycles. The number of morpholine rings is 1. The van der Waals surface area contributed by atoms with Gasteiger partial charge in [0.2, 0.25) is 5.91 Å². The van der Waals surface area contributed by atoms with Crippen molar-refractivity contribution in [2.75, 3.05) is 45.6 Å². The highest BCUT2D eigenvalue weighted by Crippen LogP contribution is 2.18. The van der Waals surface area contributed by atoms with Crippen molar-refractivity contribution in [2.45, 2.75) is 11.0 Å². The first-order chi connectivity index (χ1) is 11.0. The first-order valence-electron chi connectivity index (χ1n) is 7.52. The standard InChI is InChI=1S/C16H22N2O4S/c1-17(11-16(20)21)9-13-10-18(7-8-22-13)15(19)12-23-14-5-3-2-4-6-14/h2-6,13H,7-12H2,1H3,(H,20,21). The number of likely N-dealkylation sites (N-methyl/N-ethyl adjacent to an activating group) is 1. The number of benzene rings is 1. The molecule has 7 heteroatoms. The van der Waals surface area contributed by atoms with E-state index in [1.807, 2.05) is 30.3 Å². The van der Waals surface area contributed by atoms with Crippen LogP contribution in [0, 0.1) is 0 Å². The number of hydrogen-bond acceptors (Lipinski definition) is 5. The zero-order chi connectivity index (χ0) is 16.7. The van der Waals surface area contributed by atoms with Gasteiger partial charge in [-0.2, -0.15) is 0 Å². The van der Waals surface area contributed by atoms with Crippen molar-refractivity contribution in [3.63, 3.8) is 0 Å². The van der Waals surface area contributed by atoms with Crippen LogP contribution in [0.4, 0.5) is 0 Å². The van der Waals surface area contributed by atoms with Crippen LogP contribution in [0.5, 0.6) is 0 Å². The lowest BCUT2D eigenvalue weighted by Gasteiger charge is -2.34. The van der Waals surface area contributed by atoms with E-state index in [2.05, 4.69) is 0 Å². The minimum atomic E-state index is -0.865. The molecule has 126 valence electrons. The second-order valence-electron chi connectivity index (χ2n) is 5.52. The van der Waals surface area contributed by atoms with Gasteiger partial charge in [-0.3, -0.25) is 14.5 Å². The Labute approximate surface area is 140 Å². The molecule has 1 N–H and O–H groups in total. The Balaban J connectivity index is 1.78. The number of rotatable bonds is 7. The van der Waals surface area contributed by atoms with E-state index < -0.39 is 5.97 Å². The molecule has 1 atom stereocenters. The van der Waals surface area contributed by atoms with Crippen LogP contribution in [0.25, 0.3) is 0 Å². The summed E-state index contributed by atoms with van der Waals surface area (Å²) in [6.45, 7) is 2.07. The van der Waals surface area contributed by atoms with Crippen LogP contribution in [0.15, 0.2) is 35.2 Å². The zero-order valence-corrected chi connectivity index (χ0v) is 14.0. The highest BCUT2D eigenvalue weighted by molar-refractivity contribution is 8.00. The molecule has 23 heavy (non-hydrogen) atoms. The maximum atomic E-state index is 12.3. The molecule has 0 saturated carbocycles. The van der Waals surface area contributed by atoms with Crippen molar-refractivity contribution in [3.8, 4) is 0 Å². The van der Waals surface area contributed by atoms with Gasteiger partial charge in [-0.1, -0.05) is 18.2 Å². The Kier molecular flexibility index (Phi) is 6.88. The van der Waals surface area contributed by atoms with E-state index in [1.165, 1.54) is 11.8 Å². The highest BCUT2D eigenvalue weighted by atomic mass is 32.2. The Bertz CT molecular complexity index is 526. The molecule has 2 rings (SSSR count). The number of carboxylic acids is 1. The lowest BCUT2D eigenvalue weighted by Crippen LogP contribution is -2.50. The van der Waals surface area contributed by atoms with Gasteiger partial charge in [0.25, 0.3) is 0 Å². The predicted molar refractivity (Wildman–Crippen MR) is 88.6 cm³/mol. The number of hydrogen-bond donors (Lipinski definition) is 1. The molecule has 1 aromatic rings. The van der Waals surface area contributed by atoms with Crippen LogP contribution in [0.3, 0.4) is 0 Å². The van der Waals surface area contributed by atoms with Crippen molar-refractivity contribution in [3.05, 3.63) is 30.3 Å². The molecule has 1 aromatic carbocycles. The quantitative estimate of drug-likeness (QED) is 0.749. The Morgan fingerprint density at radius 3 is 2.83 bits per heavy atom. The molecule has 1 fully saturated rings. The van der Waals surface area contributed by atoms with Crippen LogP contribution < -0.4 is 0 Å². The molecule has 0 radical (unpaired) electrons. The minimum absolute atomic E-state index is 0.0301.